The molecule has 0 spiro atoms. The van der Waals surface area contributed by atoms with Crippen LogP contribution < -0.4 is 10.1 Å². The number of amides is 1. The van der Waals surface area contributed by atoms with E-state index in [-0.39, 0.29) is 11.7 Å². The molecule has 7 nitrogen and oxygen atoms in total. The summed E-state index contributed by atoms with van der Waals surface area (Å²) >= 11 is 0. The van der Waals surface area contributed by atoms with Crippen molar-refractivity contribution in [1.82, 2.24) is 20.3 Å². The Balaban J connectivity index is 1.81. The lowest BCUT2D eigenvalue weighted by molar-refractivity contribution is 0.0952. The van der Waals surface area contributed by atoms with Gasteiger partial charge in [0.05, 0.1) is 13.3 Å². The van der Waals surface area contributed by atoms with Crippen LogP contribution in [0, 0.1) is 0 Å². The third kappa shape index (κ3) is 3.47. The number of aromatic nitrogens is 3. The number of hydrogen-bond acceptors (Lipinski definition) is 5. The number of carbonyl (C=O) groups excluding carboxylic acids is 1. The highest BCUT2D eigenvalue weighted by Gasteiger charge is 2.08. The van der Waals surface area contributed by atoms with E-state index in [2.05, 4.69) is 15.6 Å². The van der Waals surface area contributed by atoms with Crippen LogP contribution >= 0.6 is 0 Å². The molecule has 0 radical (unpaired) electrons. The lowest BCUT2D eigenvalue weighted by Crippen LogP contribution is -2.25. The number of nitrogens with one attached hydrogen (secondary N) is 1. The van der Waals surface area contributed by atoms with E-state index in [1.807, 2.05) is 0 Å². The molecule has 7 heteroatoms. The first kappa shape index (κ1) is 13.9. The van der Waals surface area contributed by atoms with Crippen LogP contribution in [0.15, 0.2) is 30.6 Å². The van der Waals surface area contributed by atoms with E-state index in [0.717, 1.165) is 6.42 Å². The van der Waals surface area contributed by atoms with Gasteiger partial charge in [-0.2, -0.15) is 0 Å². The Morgan fingerprint density at radius 2 is 2.35 bits per heavy atom. The number of nitrogens with zero attached hydrogens (tertiary/aromatic N) is 3. The number of phenolic OH excluding ortho intramolecular Hbond substituents is 1. The lowest BCUT2D eigenvalue weighted by Gasteiger charge is -2.07. The van der Waals surface area contributed by atoms with Gasteiger partial charge in [0.15, 0.2) is 11.5 Å². The number of carbonyl (C=O) groups is 1. The van der Waals surface area contributed by atoms with Crippen molar-refractivity contribution >= 4 is 5.91 Å². The topological polar surface area (TPSA) is 89.3 Å². The third-order valence-corrected chi connectivity index (χ3v) is 2.76. The maximum Gasteiger partial charge on any atom is 0.251 e. The van der Waals surface area contributed by atoms with Crippen molar-refractivity contribution in [1.29, 1.82) is 0 Å². The van der Waals surface area contributed by atoms with Gasteiger partial charge in [0.2, 0.25) is 0 Å². The minimum Gasteiger partial charge on any atom is -0.504 e. The van der Waals surface area contributed by atoms with Crippen molar-refractivity contribution in [2.24, 2.45) is 0 Å². The van der Waals surface area contributed by atoms with E-state index in [9.17, 15) is 9.90 Å². The molecule has 2 N–H and O–H groups in total. The van der Waals surface area contributed by atoms with Crippen LogP contribution in [0.3, 0.4) is 0 Å². The van der Waals surface area contributed by atoms with Crippen LogP contribution in [0.2, 0.25) is 0 Å². The SMILES string of the molecule is COc1ccc(C(=O)NCCCn2ccnn2)cc1O. The van der Waals surface area contributed by atoms with Gasteiger partial charge in [-0.15, -0.1) is 5.10 Å². The Morgan fingerprint density at radius 1 is 1.50 bits per heavy atom. The standard InChI is InChI=1S/C13H16N4O3/c1-20-12-4-3-10(9-11(12)18)13(19)14-5-2-7-17-8-6-15-16-17/h3-4,6,8-9,18H,2,5,7H2,1H3,(H,14,19). The number of phenols is 1. The van der Waals surface area contributed by atoms with Crippen LogP contribution in [0.1, 0.15) is 16.8 Å². The number of aromatic hydroxyl groups is 1. The fourth-order valence-electron chi connectivity index (χ4n) is 1.73. The molecule has 0 aliphatic carbocycles. The molecule has 0 bridgehead atoms. The van der Waals surface area contributed by atoms with Gasteiger partial charge < -0.3 is 15.2 Å². The maximum atomic E-state index is 11.9. The molecule has 106 valence electrons. The average molecular weight is 276 g/mol. The zero-order valence-electron chi connectivity index (χ0n) is 11.1. The maximum absolute atomic E-state index is 11.9. The average Bonchev–Trinajstić information content (AvgIpc) is 2.96. The number of methoxy groups -OCH3 is 1. The number of aryl methyl sites for hydroxylation is 1. The minimum absolute atomic E-state index is 0.0530. The molecule has 1 aromatic heterocycles. The smallest absolute Gasteiger partial charge is 0.251 e. The molecule has 1 heterocycles. The second-order valence-corrected chi connectivity index (χ2v) is 4.16. The van der Waals surface area contributed by atoms with Crippen LogP contribution in [-0.2, 0) is 6.54 Å². The second kappa shape index (κ2) is 6.55. The highest BCUT2D eigenvalue weighted by molar-refractivity contribution is 5.94. The monoisotopic (exact) mass is 276 g/mol. The summed E-state index contributed by atoms with van der Waals surface area (Å²) in [5.74, 6) is 0.0528. The summed E-state index contributed by atoms with van der Waals surface area (Å²) in [5, 5.41) is 19.9. The lowest BCUT2D eigenvalue weighted by atomic mass is 10.2. The van der Waals surface area contributed by atoms with Gasteiger partial charge in [-0.05, 0) is 24.6 Å². The summed E-state index contributed by atoms with van der Waals surface area (Å²) in [6, 6.07) is 4.54. The molecule has 0 saturated carbocycles. The fourth-order valence-corrected chi connectivity index (χ4v) is 1.73. The summed E-state index contributed by atoms with van der Waals surface area (Å²) in [4.78, 5) is 11.9. The van der Waals surface area contributed by atoms with E-state index in [0.29, 0.717) is 24.4 Å². The summed E-state index contributed by atoms with van der Waals surface area (Å²) in [6.45, 7) is 1.21. The van der Waals surface area contributed by atoms with E-state index in [1.165, 1.54) is 13.2 Å². The highest BCUT2D eigenvalue weighted by Crippen LogP contribution is 2.25. The van der Waals surface area contributed by atoms with E-state index in [1.54, 1.807) is 29.2 Å². The zero-order valence-corrected chi connectivity index (χ0v) is 11.1. The summed E-state index contributed by atoms with van der Waals surface area (Å²) < 4.78 is 6.62. The quantitative estimate of drug-likeness (QED) is 0.762. The van der Waals surface area contributed by atoms with Gasteiger partial charge in [0, 0.05) is 24.8 Å². The second-order valence-electron chi connectivity index (χ2n) is 4.16. The first-order chi connectivity index (χ1) is 9.70. The van der Waals surface area contributed by atoms with Crippen molar-refractivity contribution in [2.75, 3.05) is 13.7 Å². The van der Waals surface area contributed by atoms with Crippen molar-refractivity contribution in [3.8, 4) is 11.5 Å². The van der Waals surface area contributed by atoms with E-state index < -0.39 is 0 Å². The Kier molecular flexibility index (Phi) is 4.54. The van der Waals surface area contributed by atoms with Gasteiger partial charge in [0.1, 0.15) is 0 Å². The zero-order chi connectivity index (χ0) is 14.4. The van der Waals surface area contributed by atoms with Crippen LogP contribution in [0.4, 0.5) is 0 Å². The highest BCUT2D eigenvalue weighted by atomic mass is 16.5. The van der Waals surface area contributed by atoms with E-state index >= 15 is 0 Å². The minimum atomic E-state index is -0.235. The molecule has 0 aliphatic rings. The molecule has 1 amide bonds. The first-order valence-corrected chi connectivity index (χ1v) is 6.20. The van der Waals surface area contributed by atoms with Gasteiger partial charge in [-0.1, -0.05) is 5.21 Å². The first-order valence-electron chi connectivity index (χ1n) is 6.20. The molecule has 2 aromatic rings. The molecular weight excluding hydrogens is 260 g/mol. The van der Waals surface area contributed by atoms with Gasteiger partial charge >= 0.3 is 0 Å². The van der Waals surface area contributed by atoms with Crippen molar-refractivity contribution in [3.63, 3.8) is 0 Å². The molecule has 0 aliphatic heterocycles. The molecule has 2 rings (SSSR count). The Hall–Kier alpha value is -2.57. The Labute approximate surface area is 116 Å². The molecular formula is C13H16N4O3. The number of ether oxygens (including phenoxy) is 1. The largest absolute Gasteiger partial charge is 0.504 e. The van der Waals surface area contributed by atoms with E-state index in [4.69, 9.17) is 4.74 Å². The Bertz CT molecular complexity index is 569. The van der Waals surface area contributed by atoms with Crippen molar-refractivity contribution in [3.05, 3.63) is 36.2 Å². The summed E-state index contributed by atoms with van der Waals surface area (Å²) in [6.07, 6.45) is 4.12. The van der Waals surface area contributed by atoms with Crippen LogP contribution in [0.5, 0.6) is 11.5 Å². The van der Waals surface area contributed by atoms with Gasteiger partial charge in [-0.3, -0.25) is 9.48 Å². The molecule has 0 saturated heterocycles. The summed E-state index contributed by atoms with van der Waals surface area (Å²) in [7, 11) is 1.46. The molecule has 0 fully saturated rings. The molecule has 20 heavy (non-hydrogen) atoms. The molecule has 0 unspecified atom stereocenters. The number of rotatable bonds is 6. The normalized spacial score (nSPS) is 10.2. The third-order valence-electron chi connectivity index (χ3n) is 2.76. The Morgan fingerprint density at radius 3 is 3.00 bits per heavy atom. The van der Waals surface area contributed by atoms with Crippen molar-refractivity contribution < 1.29 is 14.6 Å². The molecule has 1 aromatic carbocycles. The number of benzene rings is 1. The molecule has 0 atom stereocenters. The van der Waals surface area contributed by atoms with Crippen molar-refractivity contribution in [2.45, 2.75) is 13.0 Å². The van der Waals surface area contributed by atoms with Crippen LogP contribution in [-0.4, -0.2) is 39.7 Å². The summed E-state index contributed by atoms with van der Waals surface area (Å²) in [5.41, 5.74) is 0.393. The predicted octanol–water partition coefficient (Wildman–Crippen LogP) is 0.812. The fraction of sp³-hybridized carbons (Fsp3) is 0.308. The van der Waals surface area contributed by atoms with Gasteiger partial charge in [-0.25, -0.2) is 0 Å². The predicted molar refractivity (Wildman–Crippen MR) is 71.6 cm³/mol. The van der Waals surface area contributed by atoms with Gasteiger partial charge in [0.25, 0.3) is 5.91 Å². The number of hydrogen-bond donors (Lipinski definition) is 2. The van der Waals surface area contributed by atoms with Crippen LogP contribution in [0.25, 0.3) is 0 Å².